The summed E-state index contributed by atoms with van der Waals surface area (Å²) in [6.45, 7) is 4.84. The van der Waals surface area contributed by atoms with E-state index in [1.54, 1.807) is 0 Å². The smallest absolute Gasteiger partial charge is 0.227 e. The first-order valence-electron chi connectivity index (χ1n) is 4.40. The molecule has 13 heavy (non-hydrogen) atoms. The van der Waals surface area contributed by atoms with Gasteiger partial charge < -0.3 is 5.32 Å². The second-order valence-electron chi connectivity index (χ2n) is 2.62. The van der Waals surface area contributed by atoms with Gasteiger partial charge in [-0.2, -0.15) is 9.97 Å². The highest BCUT2D eigenvalue weighted by molar-refractivity contribution is 6.28. The fourth-order valence-corrected chi connectivity index (χ4v) is 1.14. The fourth-order valence-electron chi connectivity index (χ4n) is 0.964. The largest absolute Gasteiger partial charge is 0.354 e. The Kier molecular flexibility index (Phi) is 3.89. The van der Waals surface area contributed by atoms with E-state index in [-0.39, 0.29) is 5.28 Å². The summed E-state index contributed by atoms with van der Waals surface area (Å²) in [5, 5.41) is 3.26. The lowest BCUT2D eigenvalue weighted by Gasteiger charge is -2.03. The van der Waals surface area contributed by atoms with E-state index in [4.69, 9.17) is 11.6 Å². The molecule has 1 aromatic rings. The molecule has 0 unspecified atom stereocenters. The van der Waals surface area contributed by atoms with Crippen LogP contribution in [0.5, 0.6) is 0 Å². The minimum atomic E-state index is 0.259. The van der Waals surface area contributed by atoms with Gasteiger partial charge in [-0.1, -0.05) is 6.92 Å². The van der Waals surface area contributed by atoms with E-state index >= 15 is 0 Å². The molecule has 0 spiro atoms. The second-order valence-corrected chi connectivity index (χ2v) is 2.96. The number of aryl methyl sites for hydroxylation is 1. The molecule has 0 fully saturated rings. The molecular formula is C8H13ClN4. The Hall–Kier alpha value is -0.900. The summed E-state index contributed by atoms with van der Waals surface area (Å²) in [5.74, 6) is 1.31. The number of anilines is 1. The van der Waals surface area contributed by atoms with Crippen molar-refractivity contribution in [1.29, 1.82) is 0 Å². The summed E-state index contributed by atoms with van der Waals surface area (Å²) in [5.41, 5.74) is 0. The Bertz CT molecular complexity index is 253. The molecular weight excluding hydrogens is 188 g/mol. The summed E-state index contributed by atoms with van der Waals surface area (Å²) in [6, 6.07) is 0. The first-order chi connectivity index (χ1) is 6.26. The molecule has 1 heterocycles. The van der Waals surface area contributed by atoms with Gasteiger partial charge in [-0.15, -0.1) is 0 Å². The molecule has 0 saturated carbocycles. The van der Waals surface area contributed by atoms with Crippen LogP contribution in [0.25, 0.3) is 0 Å². The molecule has 5 heteroatoms. The van der Waals surface area contributed by atoms with Crippen LogP contribution in [-0.4, -0.2) is 21.5 Å². The number of aromatic nitrogens is 3. The van der Waals surface area contributed by atoms with Crippen LogP contribution in [0.3, 0.4) is 0 Å². The van der Waals surface area contributed by atoms with Gasteiger partial charge in [-0.3, -0.25) is 0 Å². The third-order valence-corrected chi connectivity index (χ3v) is 1.63. The number of hydrogen-bond acceptors (Lipinski definition) is 4. The maximum atomic E-state index is 5.72. The lowest BCUT2D eigenvalue weighted by atomic mass is 10.3. The monoisotopic (exact) mass is 200 g/mol. The molecule has 0 radical (unpaired) electrons. The Labute approximate surface area is 82.8 Å². The van der Waals surface area contributed by atoms with Gasteiger partial charge in [0.1, 0.15) is 5.82 Å². The molecule has 0 saturated heterocycles. The van der Waals surface area contributed by atoms with Crippen LogP contribution in [0.4, 0.5) is 5.95 Å². The van der Waals surface area contributed by atoms with Crippen LogP contribution in [0.2, 0.25) is 5.28 Å². The molecule has 0 aromatic carbocycles. The fraction of sp³-hybridized carbons (Fsp3) is 0.625. The molecule has 0 aliphatic rings. The summed E-state index contributed by atoms with van der Waals surface area (Å²) < 4.78 is 0. The molecule has 0 aliphatic carbocycles. The maximum absolute atomic E-state index is 5.72. The van der Waals surface area contributed by atoms with Gasteiger partial charge in [0.15, 0.2) is 0 Å². The van der Waals surface area contributed by atoms with E-state index in [1.165, 1.54) is 0 Å². The summed E-state index contributed by atoms with van der Waals surface area (Å²) >= 11 is 5.72. The van der Waals surface area contributed by atoms with E-state index in [9.17, 15) is 0 Å². The Morgan fingerprint density at radius 3 is 2.62 bits per heavy atom. The minimum Gasteiger partial charge on any atom is -0.354 e. The summed E-state index contributed by atoms with van der Waals surface area (Å²) in [7, 11) is 0. The molecule has 1 rings (SSSR count). The van der Waals surface area contributed by atoms with Crippen molar-refractivity contribution in [2.24, 2.45) is 0 Å². The van der Waals surface area contributed by atoms with Gasteiger partial charge in [0.05, 0.1) is 0 Å². The van der Waals surface area contributed by atoms with Crippen LogP contribution in [0.1, 0.15) is 26.1 Å². The van der Waals surface area contributed by atoms with Crippen molar-refractivity contribution < 1.29 is 0 Å². The highest BCUT2D eigenvalue weighted by Crippen LogP contribution is 2.06. The quantitative estimate of drug-likeness (QED) is 0.807. The van der Waals surface area contributed by atoms with Crippen molar-refractivity contribution in [3.05, 3.63) is 11.1 Å². The van der Waals surface area contributed by atoms with Crippen molar-refractivity contribution in [2.45, 2.75) is 26.7 Å². The van der Waals surface area contributed by atoms with Crippen molar-refractivity contribution in [3.8, 4) is 0 Å². The van der Waals surface area contributed by atoms with E-state index in [0.717, 1.165) is 25.2 Å². The van der Waals surface area contributed by atoms with E-state index in [2.05, 4.69) is 27.2 Å². The number of nitrogens with zero attached hydrogens (tertiary/aromatic N) is 3. The summed E-state index contributed by atoms with van der Waals surface area (Å²) in [6.07, 6.45) is 1.84. The van der Waals surface area contributed by atoms with Gasteiger partial charge in [0.2, 0.25) is 11.2 Å². The van der Waals surface area contributed by atoms with E-state index in [0.29, 0.717) is 5.95 Å². The number of halogens is 1. The Morgan fingerprint density at radius 1 is 1.23 bits per heavy atom. The number of hydrogen-bond donors (Lipinski definition) is 1. The van der Waals surface area contributed by atoms with Crippen molar-refractivity contribution >= 4 is 17.5 Å². The molecule has 0 aliphatic heterocycles. The minimum absolute atomic E-state index is 0.259. The van der Waals surface area contributed by atoms with Crippen LogP contribution in [0, 0.1) is 0 Å². The molecule has 0 atom stereocenters. The first-order valence-corrected chi connectivity index (χ1v) is 4.78. The van der Waals surface area contributed by atoms with Crippen LogP contribution in [0.15, 0.2) is 0 Å². The van der Waals surface area contributed by atoms with Crippen molar-refractivity contribution in [3.63, 3.8) is 0 Å². The Balaban J connectivity index is 2.83. The third-order valence-electron chi connectivity index (χ3n) is 1.46. The zero-order chi connectivity index (χ0) is 9.68. The SMILES string of the molecule is CCCc1nc(Cl)nc(NCC)n1. The predicted octanol–water partition coefficient (Wildman–Crippen LogP) is 1.91. The van der Waals surface area contributed by atoms with Crippen LogP contribution in [-0.2, 0) is 6.42 Å². The molecule has 0 bridgehead atoms. The molecule has 72 valence electrons. The normalized spacial score (nSPS) is 10.1. The average Bonchev–Trinajstić information content (AvgIpc) is 2.04. The number of rotatable bonds is 4. The van der Waals surface area contributed by atoms with Crippen LogP contribution >= 0.6 is 11.6 Å². The molecule has 4 nitrogen and oxygen atoms in total. The number of nitrogens with one attached hydrogen (secondary N) is 1. The van der Waals surface area contributed by atoms with E-state index < -0.39 is 0 Å². The Morgan fingerprint density at radius 2 is 2.00 bits per heavy atom. The lowest BCUT2D eigenvalue weighted by Crippen LogP contribution is -2.06. The lowest BCUT2D eigenvalue weighted by molar-refractivity contribution is 0.817. The topological polar surface area (TPSA) is 50.7 Å². The second kappa shape index (κ2) is 4.97. The van der Waals surface area contributed by atoms with Crippen molar-refractivity contribution in [2.75, 3.05) is 11.9 Å². The average molecular weight is 201 g/mol. The van der Waals surface area contributed by atoms with E-state index in [1.807, 2.05) is 6.92 Å². The highest BCUT2D eigenvalue weighted by atomic mass is 35.5. The molecule has 0 amide bonds. The van der Waals surface area contributed by atoms with Gasteiger partial charge >= 0.3 is 0 Å². The summed E-state index contributed by atoms with van der Waals surface area (Å²) in [4.78, 5) is 12.1. The van der Waals surface area contributed by atoms with Gasteiger partial charge in [-0.25, -0.2) is 4.98 Å². The first kappa shape index (κ1) is 10.2. The van der Waals surface area contributed by atoms with Gasteiger partial charge in [0.25, 0.3) is 0 Å². The standard InChI is InChI=1S/C8H13ClN4/c1-3-5-6-11-7(9)13-8(12-6)10-4-2/h3-5H2,1-2H3,(H,10,11,12,13). The van der Waals surface area contributed by atoms with Crippen LogP contribution < -0.4 is 5.32 Å². The molecule has 1 aromatic heterocycles. The maximum Gasteiger partial charge on any atom is 0.227 e. The zero-order valence-electron chi connectivity index (χ0n) is 7.84. The zero-order valence-corrected chi connectivity index (χ0v) is 8.60. The molecule has 1 N–H and O–H groups in total. The van der Waals surface area contributed by atoms with Gasteiger partial charge in [-0.05, 0) is 24.9 Å². The predicted molar refractivity (Wildman–Crippen MR) is 53.0 cm³/mol. The highest BCUT2D eigenvalue weighted by Gasteiger charge is 2.02. The van der Waals surface area contributed by atoms with Crippen molar-refractivity contribution in [1.82, 2.24) is 15.0 Å². The van der Waals surface area contributed by atoms with Gasteiger partial charge in [0, 0.05) is 13.0 Å². The third kappa shape index (κ3) is 3.14.